The van der Waals surface area contributed by atoms with Gasteiger partial charge in [-0.2, -0.15) is 5.26 Å². The number of nitro groups is 1. The lowest BCUT2D eigenvalue weighted by Gasteiger charge is -2.32. The van der Waals surface area contributed by atoms with E-state index in [0.29, 0.717) is 25.2 Å². The Kier molecular flexibility index (Phi) is 3.96. The average molecular weight is 274 g/mol. The summed E-state index contributed by atoms with van der Waals surface area (Å²) < 4.78 is 0. The van der Waals surface area contributed by atoms with E-state index in [9.17, 15) is 14.9 Å². The first-order chi connectivity index (χ1) is 9.54. The third-order valence-corrected chi connectivity index (χ3v) is 3.32. The number of nitro benzene ring substituents is 1. The number of piperazine rings is 1. The molecule has 0 aromatic heterocycles. The number of nitriles is 1. The molecule has 2 rings (SSSR count). The fourth-order valence-corrected chi connectivity index (χ4v) is 2.17. The molecular weight excluding hydrogens is 260 g/mol. The highest BCUT2D eigenvalue weighted by atomic mass is 16.6. The molecule has 20 heavy (non-hydrogen) atoms. The Labute approximate surface area is 115 Å². The molecule has 1 fully saturated rings. The van der Waals surface area contributed by atoms with E-state index in [1.165, 1.54) is 17.0 Å². The maximum atomic E-state index is 12.5. The van der Waals surface area contributed by atoms with Gasteiger partial charge in [-0.1, -0.05) is 6.07 Å². The van der Waals surface area contributed by atoms with Crippen molar-refractivity contribution in [2.45, 2.75) is 13.0 Å². The van der Waals surface area contributed by atoms with E-state index in [4.69, 9.17) is 5.26 Å². The van der Waals surface area contributed by atoms with Gasteiger partial charge in [0.05, 0.1) is 11.0 Å². The normalized spacial score (nSPS) is 18.4. The van der Waals surface area contributed by atoms with Crippen molar-refractivity contribution in [3.05, 3.63) is 39.4 Å². The zero-order valence-electron chi connectivity index (χ0n) is 11.0. The first kappa shape index (κ1) is 14.0. The second kappa shape index (κ2) is 5.67. The molecule has 1 aliphatic heterocycles. The predicted molar refractivity (Wildman–Crippen MR) is 71.1 cm³/mol. The van der Waals surface area contributed by atoms with Crippen molar-refractivity contribution in [1.29, 1.82) is 5.26 Å². The summed E-state index contributed by atoms with van der Waals surface area (Å²) in [7, 11) is 0. The van der Waals surface area contributed by atoms with Crippen molar-refractivity contribution >= 4 is 11.6 Å². The van der Waals surface area contributed by atoms with Crippen LogP contribution in [0.4, 0.5) is 5.69 Å². The SMILES string of the molecule is Cc1ccc([N+](=O)[O-])cc1C(=O)N1CCNCC1C#N. The van der Waals surface area contributed by atoms with Crippen molar-refractivity contribution < 1.29 is 9.72 Å². The Morgan fingerprint density at radius 2 is 2.35 bits per heavy atom. The van der Waals surface area contributed by atoms with Gasteiger partial charge < -0.3 is 10.2 Å². The number of aryl methyl sites for hydroxylation is 1. The fraction of sp³-hybridized carbons (Fsp3) is 0.385. The van der Waals surface area contributed by atoms with Gasteiger partial charge in [0.2, 0.25) is 0 Å². The van der Waals surface area contributed by atoms with Crippen molar-refractivity contribution in [2.24, 2.45) is 0 Å². The predicted octanol–water partition coefficient (Wildman–Crippen LogP) is 0.841. The van der Waals surface area contributed by atoms with Gasteiger partial charge in [0.15, 0.2) is 0 Å². The van der Waals surface area contributed by atoms with E-state index < -0.39 is 11.0 Å². The molecule has 0 saturated carbocycles. The zero-order chi connectivity index (χ0) is 14.7. The lowest BCUT2D eigenvalue weighted by atomic mass is 10.0. The Balaban J connectivity index is 2.35. The van der Waals surface area contributed by atoms with Gasteiger partial charge in [0, 0.05) is 37.3 Å². The number of amides is 1. The minimum atomic E-state index is -0.546. The molecular formula is C13H14N4O3. The summed E-state index contributed by atoms with van der Waals surface area (Å²) in [5, 5.41) is 22.9. The number of nitrogens with one attached hydrogen (secondary N) is 1. The van der Waals surface area contributed by atoms with Crippen LogP contribution in [0.25, 0.3) is 0 Å². The molecule has 1 amide bonds. The quantitative estimate of drug-likeness (QED) is 0.636. The third-order valence-electron chi connectivity index (χ3n) is 3.32. The third kappa shape index (κ3) is 2.60. The number of hydrogen-bond acceptors (Lipinski definition) is 5. The molecule has 1 N–H and O–H groups in total. The molecule has 0 radical (unpaired) electrons. The lowest BCUT2D eigenvalue weighted by molar-refractivity contribution is -0.384. The Hall–Kier alpha value is -2.46. The first-order valence-electron chi connectivity index (χ1n) is 6.21. The Bertz CT molecular complexity index is 594. The molecule has 7 heteroatoms. The van der Waals surface area contributed by atoms with Crippen molar-refractivity contribution in [3.8, 4) is 6.07 Å². The smallest absolute Gasteiger partial charge is 0.270 e. The van der Waals surface area contributed by atoms with Crippen LogP contribution in [0.3, 0.4) is 0 Å². The highest BCUT2D eigenvalue weighted by molar-refractivity contribution is 5.96. The molecule has 0 bridgehead atoms. The second-order valence-electron chi connectivity index (χ2n) is 4.60. The molecule has 0 spiro atoms. The van der Waals surface area contributed by atoms with E-state index in [2.05, 4.69) is 11.4 Å². The van der Waals surface area contributed by atoms with Crippen LogP contribution in [-0.2, 0) is 0 Å². The molecule has 1 aromatic carbocycles. The molecule has 1 saturated heterocycles. The number of carbonyl (C=O) groups excluding carboxylic acids is 1. The largest absolute Gasteiger partial charge is 0.320 e. The lowest BCUT2D eigenvalue weighted by Crippen LogP contribution is -2.53. The topological polar surface area (TPSA) is 99.3 Å². The molecule has 1 unspecified atom stereocenters. The summed E-state index contributed by atoms with van der Waals surface area (Å²) in [4.78, 5) is 24.2. The van der Waals surface area contributed by atoms with Crippen LogP contribution in [0.2, 0.25) is 0 Å². The van der Waals surface area contributed by atoms with Crippen LogP contribution in [0, 0.1) is 28.4 Å². The Morgan fingerprint density at radius 1 is 1.60 bits per heavy atom. The van der Waals surface area contributed by atoms with Crippen LogP contribution in [0.15, 0.2) is 18.2 Å². The summed E-state index contributed by atoms with van der Waals surface area (Å²) in [6, 6.07) is 5.71. The summed E-state index contributed by atoms with van der Waals surface area (Å²) in [6.07, 6.45) is 0. The molecule has 1 heterocycles. The van der Waals surface area contributed by atoms with E-state index in [0.717, 1.165) is 0 Å². The fourth-order valence-electron chi connectivity index (χ4n) is 2.17. The van der Waals surface area contributed by atoms with E-state index >= 15 is 0 Å². The van der Waals surface area contributed by atoms with Crippen LogP contribution in [0.5, 0.6) is 0 Å². The molecule has 0 aliphatic carbocycles. The summed E-state index contributed by atoms with van der Waals surface area (Å²) in [6.45, 7) is 3.16. The minimum absolute atomic E-state index is 0.123. The van der Waals surface area contributed by atoms with Crippen molar-refractivity contribution in [3.63, 3.8) is 0 Å². The van der Waals surface area contributed by atoms with E-state index in [1.807, 2.05) is 0 Å². The molecule has 104 valence electrons. The van der Waals surface area contributed by atoms with Crippen LogP contribution in [0.1, 0.15) is 15.9 Å². The van der Waals surface area contributed by atoms with Gasteiger partial charge in [-0.05, 0) is 12.5 Å². The number of non-ortho nitro benzene ring substituents is 1. The van der Waals surface area contributed by atoms with Gasteiger partial charge >= 0.3 is 0 Å². The van der Waals surface area contributed by atoms with E-state index in [1.54, 1.807) is 13.0 Å². The molecule has 1 aromatic rings. The number of benzene rings is 1. The molecule has 1 aliphatic rings. The van der Waals surface area contributed by atoms with Gasteiger partial charge in [0.1, 0.15) is 6.04 Å². The zero-order valence-corrected chi connectivity index (χ0v) is 11.0. The monoisotopic (exact) mass is 274 g/mol. The summed E-state index contributed by atoms with van der Waals surface area (Å²) in [5.74, 6) is -0.334. The van der Waals surface area contributed by atoms with Crippen LogP contribution in [-0.4, -0.2) is 41.4 Å². The number of nitrogens with zero attached hydrogens (tertiary/aromatic N) is 3. The Morgan fingerprint density at radius 3 is 3.00 bits per heavy atom. The highest BCUT2D eigenvalue weighted by Gasteiger charge is 2.28. The molecule has 1 atom stereocenters. The van der Waals surface area contributed by atoms with Gasteiger partial charge in [0.25, 0.3) is 11.6 Å². The number of carbonyl (C=O) groups is 1. The van der Waals surface area contributed by atoms with Gasteiger partial charge in [-0.25, -0.2) is 0 Å². The maximum absolute atomic E-state index is 12.5. The van der Waals surface area contributed by atoms with E-state index in [-0.39, 0.29) is 17.2 Å². The standard InChI is InChI=1S/C13H14N4O3/c1-9-2-3-10(17(19)20)6-12(9)13(18)16-5-4-15-8-11(16)7-14/h2-3,6,11,15H,4-5,8H2,1H3. The van der Waals surface area contributed by atoms with Crippen LogP contribution < -0.4 is 5.32 Å². The first-order valence-corrected chi connectivity index (χ1v) is 6.21. The van der Waals surface area contributed by atoms with Gasteiger partial charge in [-0.15, -0.1) is 0 Å². The molecule has 7 nitrogen and oxygen atoms in total. The number of rotatable bonds is 2. The van der Waals surface area contributed by atoms with Gasteiger partial charge in [-0.3, -0.25) is 14.9 Å². The second-order valence-corrected chi connectivity index (χ2v) is 4.60. The van der Waals surface area contributed by atoms with Crippen LogP contribution >= 0.6 is 0 Å². The summed E-state index contributed by atoms with van der Waals surface area (Å²) >= 11 is 0. The minimum Gasteiger partial charge on any atom is -0.320 e. The highest BCUT2D eigenvalue weighted by Crippen LogP contribution is 2.20. The summed E-state index contributed by atoms with van der Waals surface area (Å²) in [5.41, 5.74) is 0.819. The maximum Gasteiger partial charge on any atom is 0.270 e. The average Bonchev–Trinajstić information content (AvgIpc) is 2.46. The van der Waals surface area contributed by atoms with Crippen molar-refractivity contribution in [1.82, 2.24) is 10.2 Å². The van der Waals surface area contributed by atoms with Crippen molar-refractivity contribution in [2.75, 3.05) is 19.6 Å². The number of hydrogen-bond donors (Lipinski definition) is 1.